The fraction of sp³-hybridized carbons (Fsp3) is 0.458. The molecule has 1 aliphatic heterocycles. The van der Waals surface area contributed by atoms with Crippen molar-refractivity contribution in [3.05, 3.63) is 64.7 Å². The van der Waals surface area contributed by atoms with E-state index in [0.29, 0.717) is 18.1 Å². The Kier molecular flexibility index (Phi) is 8.14. The molecule has 2 aromatic rings. The van der Waals surface area contributed by atoms with Gasteiger partial charge in [0.1, 0.15) is 12.4 Å². The van der Waals surface area contributed by atoms with E-state index in [0.717, 1.165) is 49.4 Å². The minimum atomic E-state index is -0.538. The fourth-order valence-corrected chi connectivity index (χ4v) is 4.24. The number of aliphatic hydroxyl groups excluding tert-OH is 1. The minimum absolute atomic E-state index is 0.00226. The van der Waals surface area contributed by atoms with Crippen LogP contribution < -0.4 is 4.74 Å². The van der Waals surface area contributed by atoms with Crippen LogP contribution in [-0.4, -0.2) is 48.9 Å². The molecule has 0 spiro atoms. The van der Waals surface area contributed by atoms with E-state index < -0.39 is 5.41 Å². The zero-order valence-corrected chi connectivity index (χ0v) is 18.2. The van der Waals surface area contributed by atoms with E-state index in [2.05, 4.69) is 11.0 Å². The number of hydrogen-bond acceptors (Lipinski definition) is 5. The Balaban J connectivity index is 1.67. The number of rotatable bonds is 9. The lowest BCUT2D eigenvalue weighted by molar-refractivity contribution is -0.158. The molecule has 2 aromatic carbocycles. The Morgan fingerprint density at radius 3 is 2.63 bits per heavy atom. The standard InChI is InChI=1S/C24H30ClNO4/c1-2-29-23(28)24(17-20-7-3-4-9-22(20)25)10-12-26(13-11-24)18-19-6-5-8-21(16-19)30-15-14-27/h3-9,16,27H,2,10-15,17-18H2,1H3. The topological polar surface area (TPSA) is 59.0 Å². The van der Waals surface area contributed by atoms with Crippen molar-refractivity contribution in [3.8, 4) is 5.75 Å². The molecule has 0 unspecified atom stereocenters. The number of halogens is 1. The monoisotopic (exact) mass is 431 g/mol. The van der Waals surface area contributed by atoms with Gasteiger partial charge in [0.2, 0.25) is 0 Å². The highest BCUT2D eigenvalue weighted by molar-refractivity contribution is 6.31. The van der Waals surface area contributed by atoms with Crippen LogP contribution in [0.2, 0.25) is 5.02 Å². The predicted molar refractivity (Wildman–Crippen MR) is 118 cm³/mol. The number of likely N-dealkylation sites (tertiary alicyclic amines) is 1. The number of benzene rings is 2. The van der Waals surface area contributed by atoms with Gasteiger partial charge in [-0.05, 0) is 68.6 Å². The third kappa shape index (κ3) is 5.75. The zero-order chi connectivity index (χ0) is 21.4. The van der Waals surface area contributed by atoms with Gasteiger partial charge in [-0.2, -0.15) is 0 Å². The van der Waals surface area contributed by atoms with E-state index in [-0.39, 0.29) is 19.2 Å². The van der Waals surface area contributed by atoms with E-state index in [9.17, 15) is 4.79 Å². The summed E-state index contributed by atoms with van der Waals surface area (Å²) in [5, 5.41) is 9.63. The number of hydrogen-bond donors (Lipinski definition) is 1. The molecule has 1 N–H and O–H groups in total. The number of esters is 1. The highest BCUT2D eigenvalue weighted by Crippen LogP contribution is 2.38. The molecular formula is C24H30ClNO4. The van der Waals surface area contributed by atoms with Crippen molar-refractivity contribution < 1.29 is 19.4 Å². The fourth-order valence-electron chi connectivity index (χ4n) is 4.04. The van der Waals surface area contributed by atoms with Crippen LogP contribution in [0.4, 0.5) is 0 Å². The van der Waals surface area contributed by atoms with Crippen LogP contribution in [0, 0.1) is 5.41 Å². The lowest BCUT2D eigenvalue weighted by Gasteiger charge is -2.40. The number of carbonyl (C=O) groups excluding carboxylic acids is 1. The molecule has 1 heterocycles. The van der Waals surface area contributed by atoms with Crippen LogP contribution in [0.5, 0.6) is 5.75 Å². The molecule has 0 amide bonds. The first-order chi connectivity index (χ1) is 14.6. The van der Waals surface area contributed by atoms with E-state index in [1.807, 2.05) is 49.4 Å². The summed E-state index contributed by atoms with van der Waals surface area (Å²) in [5.74, 6) is 0.641. The molecule has 3 rings (SSSR count). The molecule has 0 aliphatic carbocycles. The van der Waals surface area contributed by atoms with Gasteiger partial charge in [-0.1, -0.05) is 41.9 Å². The second-order valence-corrected chi connectivity index (χ2v) is 8.17. The maximum Gasteiger partial charge on any atom is 0.312 e. The minimum Gasteiger partial charge on any atom is -0.491 e. The maximum atomic E-state index is 12.9. The first-order valence-corrected chi connectivity index (χ1v) is 10.9. The highest BCUT2D eigenvalue weighted by atomic mass is 35.5. The summed E-state index contributed by atoms with van der Waals surface area (Å²) in [7, 11) is 0. The van der Waals surface area contributed by atoms with E-state index >= 15 is 0 Å². The average Bonchev–Trinajstić information content (AvgIpc) is 2.76. The highest BCUT2D eigenvalue weighted by Gasteiger charge is 2.43. The molecular weight excluding hydrogens is 402 g/mol. The van der Waals surface area contributed by atoms with Crippen molar-refractivity contribution in [2.24, 2.45) is 5.41 Å². The summed E-state index contributed by atoms with van der Waals surface area (Å²) in [4.78, 5) is 15.3. The number of ether oxygens (including phenoxy) is 2. The lowest BCUT2D eigenvalue weighted by Crippen LogP contribution is -2.46. The van der Waals surface area contributed by atoms with Gasteiger partial charge in [0.25, 0.3) is 0 Å². The van der Waals surface area contributed by atoms with Crippen molar-refractivity contribution in [3.63, 3.8) is 0 Å². The Labute approximate surface area is 183 Å². The van der Waals surface area contributed by atoms with Crippen LogP contribution in [0.25, 0.3) is 0 Å². The summed E-state index contributed by atoms with van der Waals surface area (Å²) < 4.78 is 11.0. The van der Waals surface area contributed by atoms with Crippen LogP contribution in [0.15, 0.2) is 48.5 Å². The first kappa shape index (κ1) is 22.6. The van der Waals surface area contributed by atoms with Crippen molar-refractivity contribution >= 4 is 17.6 Å². The summed E-state index contributed by atoms with van der Waals surface area (Å²) in [6.45, 7) is 4.93. The van der Waals surface area contributed by atoms with Crippen molar-refractivity contribution in [1.82, 2.24) is 4.90 Å². The second kappa shape index (κ2) is 10.8. The van der Waals surface area contributed by atoms with Crippen LogP contribution in [0.3, 0.4) is 0 Å². The summed E-state index contributed by atoms with van der Waals surface area (Å²) in [5.41, 5.74) is 1.61. The molecule has 0 saturated carbocycles. The average molecular weight is 432 g/mol. The molecule has 0 aromatic heterocycles. The summed E-state index contributed by atoms with van der Waals surface area (Å²) >= 11 is 6.38. The van der Waals surface area contributed by atoms with E-state index in [4.69, 9.17) is 26.2 Å². The smallest absolute Gasteiger partial charge is 0.312 e. The predicted octanol–water partition coefficient (Wildman–Crippen LogP) is 4.10. The molecule has 0 radical (unpaired) electrons. The number of nitrogens with zero attached hydrogens (tertiary/aromatic N) is 1. The first-order valence-electron chi connectivity index (χ1n) is 10.5. The third-order valence-corrected chi connectivity index (χ3v) is 6.04. The molecule has 1 saturated heterocycles. The van der Waals surface area contributed by atoms with Gasteiger partial charge in [-0.3, -0.25) is 9.69 Å². The largest absolute Gasteiger partial charge is 0.491 e. The molecule has 6 heteroatoms. The third-order valence-electron chi connectivity index (χ3n) is 5.67. The molecule has 162 valence electrons. The lowest BCUT2D eigenvalue weighted by atomic mass is 9.73. The normalized spacial score (nSPS) is 16.2. The van der Waals surface area contributed by atoms with Crippen molar-refractivity contribution in [2.45, 2.75) is 32.7 Å². The number of piperidine rings is 1. The maximum absolute atomic E-state index is 12.9. The Hall–Kier alpha value is -2.08. The van der Waals surface area contributed by atoms with Crippen LogP contribution >= 0.6 is 11.6 Å². The van der Waals surface area contributed by atoms with Gasteiger partial charge >= 0.3 is 5.97 Å². The molecule has 0 bridgehead atoms. The van der Waals surface area contributed by atoms with E-state index in [1.54, 1.807) is 0 Å². The van der Waals surface area contributed by atoms with Crippen LogP contribution in [0.1, 0.15) is 30.9 Å². The van der Waals surface area contributed by atoms with Gasteiger partial charge < -0.3 is 14.6 Å². The Bertz CT molecular complexity index is 833. The summed E-state index contributed by atoms with van der Waals surface area (Å²) in [6.07, 6.45) is 2.07. The molecule has 30 heavy (non-hydrogen) atoms. The Morgan fingerprint density at radius 1 is 1.17 bits per heavy atom. The van der Waals surface area contributed by atoms with Gasteiger partial charge in [-0.25, -0.2) is 0 Å². The molecule has 1 aliphatic rings. The molecule has 1 fully saturated rings. The number of carbonyl (C=O) groups is 1. The van der Waals surface area contributed by atoms with Gasteiger partial charge in [0.15, 0.2) is 0 Å². The SMILES string of the molecule is CCOC(=O)C1(Cc2ccccc2Cl)CCN(Cc2cccc(OCCO)c2)CC1. The Morgan fingerprint density at radius 2 is 1.93 bits per heavy atom. The number of aliphatic hydroxyl groups is 1. The van der Waals surface area contributed by atoms with Gasteiger partial charge in [0, 0.05) is 11.6 Å². The molecule has 5 nitrogen and oxygen atoms in total. The second-order valence-electron chi connectivity index (χ2n) is 7.76. The summed E-state index contributed by atoms with van der Waals surface area (Å²) in [6, 6.07) is 15.7. The van der Waals surface area contributed by atoms with Gasteiger partial charge in [0.05, 0.1) is 18.6 Å². The van der Waals surface area contributed by atoms with Gasteiger partial charge in [-0.15, -0.1) is 0 Å². The van der Waals surface area contributed by atoms with Crippen LogP contribution in [-0.2, 0) is 22.5 Å². The van der Waals surface area contributed by atoms with Crippen molar-refractivity contribution in [1.29, 1.82) is 0 Å². The van der Waals surface area contributed by atoms with Crippen molar-refractivity contribution in [2.75, 3.05) is 32.9 Å². The molecule has 0 atom stereocenters. The van der Waals surface area contributed by atoms with E-state index in [1.165, 1.54) is 0 Å². The quantitative estimate of drug-likeness (QED) is 0.606. The zero-order valence-electron chi connectivity index (χ0n) is 17.5.